The van der Waals surface area contributed by atoms with E-state index in [0.717, 1.165) is 45.1 Å². The molecule has 0 bridgehead atoms. The van der Waals surface area contributed by atoms with E-state index < -0.39 is 0 Å². The second kappa shape index (κ2) is 6.19. The summed E-state index contributed by atoms with van der Waals surface area (Å²) >= 11 is 12.4. The van der Waals surface area contributed by atoms with Crippen molar-refractivity contribution in [2.75, 3.05) is 5.73 Å². The van der Waals surface area contributed by atoms with Gasteiger partial charge in [-0.3, -0.25) is 9.97 Å². The van der Waals surface area contributed by atoms with Gasteiger partial charge in [-0.1, -0.05) is 29.3 Å². The highest BCUT2D eigenvalue weighted by Gasteiger charge is 2.30. The van der Waals surface area contributed by atoms with Gasteiger partial charge in [-0.15, -0.1) is 0 Å². The van der Waals surface area contributed by atoms with Gasteiger partial charge in [0.15, 0.2) is 0 Å². The van der Waals surface area contributed by atoms with Crippen molar-refractivity contribution in [2.24, 2.45) is 0 Å². The molecule has 27 heavy (non-hydrogen) atoms. The summed E-state index contributed by atoms with van der Waals surface area (Å²) in [6.07, 6.45) is 8.08. The van der Waals surface area contributed by atoms with Gasteiger partial charge in [0.05, 0.1) is 15.7 Å². The molecule has 1 aromatic carbocycles. The van der Waals surface area contributed by atoms with Crippen LogP contribution in [0.1, 0.15) is 22.6 Å². The van der Waals surface area contributed by atoms with Crippen molar-refractivity contribution >= 4 is 39.8 Å². The Balaban J connectivity index is 1.86. The van der Waals surface area contributed by atoms with Crippen LogP contribution in [0, 0.1) is 0 Å². The molecule has 4 nitrogen and oxygen atoms in total. The molecule has 1 unspecified atom stereocenters. The average Bonchev–Trinajstić information content (AvgIpc) is 2.70. The molecule has 3 heterocycles. The summed E-state index contributed by atoms with van der Waals surface area (Å²) in [4.78, 5) is 13.4. The number of nitrogens with two attached hydrogens (primary N) is 1. The van der Waals surface area contributed by atoms with E-state index in [1.165, 1.54) is 0 Å². The van der Waals surface area contributed by atoms with Gasteiger partial charge in [0.2, 0.25) is 0 Å². The zero-order valence-corrected chi connectivity index (χ0v) is 15.7. The van der Waals surface area contributed by atoms with Gasteiger partial charge in [-0.2, -0.15) is 0 Å². The fourth-order valence-corrected chi connectivity index (χ4v) is 4.22. The minimum Gasteiger partial charge on any atom is -0.383 e. The molecule has 1 aliphatic rings. The topological polar surface area (TPSA) is 64.7 Å². The van der Waals surface area contributed by atoms with Gasteiger partial charge in [-0.05, 0) is 47.4 Å². The molecule has 132 valence electrons. The lowest BCUT2D eigenvalue weighted by molar-refractivity contribution is 0.790. The van der Waals surface area contributed by atoms with Crippen molar-refractivity contribution in [1.82, 2.24) is 15.0 Å². The third-order valence-electron chi connectivity index (χ3n) is 5.15. The van der Waals surface area contributed by atoms with Crippen molar-refractivity contribution in [3.63, 3.8) is 0 Å². The van der Waals surface area contributed by atoms with E-state index in [0.29, 0.717) is 15.9 Å². The molecule has 1 atom stereocenters. The van der Waals surface area contributed by atoms with E-state index in [1.807, 2.05) is 42.7 Å². The smallest absolute Gasteiger partial charge is 0.132 e. The zero-order valence-electron chi connectivity index (χ0n) is 14.2. The van der Waals surface area contributed by atoms with Crippen LogP contribution in [0.2, 0.25) is 10.0 Å². The van der Waals surface area contributed by atoms with Crippen LogP contribution in [0.5, 0.6) is 0 Å². The van der Waals surface area contributed by atoms with E-state index in [4.69, 9.17) is 33.9 Å². The first-order valence-corrected chi connectivity index (χ1v) is 9.30. The Bertz CT molecular complexity index is 1210. The van der Waals surface area contributed by atoms with Crippen molar-refractivity contribution in [3.8, 4) is 11.3 Å². The van der Waals surface area contributed by atoms with Crippen molar-refractivity contribution in [2.45, 2.75) is 12.3 Å². The summed E-state index contributed by atoms with van der Waals surface area (Å²) in [6.45, 7) is 0. The molecule has 0 aliphatic heterocycles. The van der Waals surface area contributed by atoms with Gasteiger partial charge >= 0.3 is 0 Å². The van der Waals surface area contributed by atoms with Gasteiger partial charge in [0, 0.05) is 47.0 Å². The van der Waals surface area contributed by atoms with Crippen LogP contribution in [0.3, 0.4) is 0 Å². The molecule has 1 aliphatic carbocycles. The molecule has 2 N–H and O–H groups in total. The largest absolute Gasteiger partial charge is 0.383 e. The van der Waals surface area contributed by atoms with Crippen LogP contribution in [0.4, 0.5) is 5.82 Å². The maximum absolute atomic E-state index is 6.31. The first-order valence-electron chi connectivity index (χ1n) is 8.55. The van der Waals surface area contributed by atoms with Crippen LogP contribution in [0.15, 0.2) is 55.1 Å². The van der Waals surface area contributed by atoms with E-state index >= 15 is 0 Å². The number of nitrogen functional groups attached to an aromatic ring is 1. The lowest BCUT2D eigenvalue weighted by Crippen LogP contribution is -2.16. The number of aromatic nitrogens is 3. The Kier molecular flexibility index (Phi) is 3.78. The molecular weight excluding hydrogens is 379 g/mol. The summed E-state index contributed by atoms with van der Waals surface area (Å²) in [6, 6.07) is 9.68. The molecule has 0 saturated heterocycles. The number of nitrogens with zero attached hydrogens (tertiary/aromatic N) is 3. The number of anilines is 1. The van der Waals surface area contributed by atoms with Crippen LogP contribution in [-0.4, -0.2) is 15.0 Å². The van der Waals surface area contributed by atoms with E-state index in [2.05, 4.69) is 9.97 Å². The third kappa shape index (κ3) is 2.56. The quantitative estimate of drug-likeness (QED) is 0.479. The fourth-order valence-electron chi connectivity index (χ4n) is 3.92. The van der Waals surface area contributed by atoms with E-state index in [1.54, 1.807) is 12.4 Å². The number of pyridine rings is 3. The summed E-state index contributed by atoms with van der Waals surface area (Å²) < 4.78 is 0. The van der Waals surface area contributed by atoms with Gasteiger partial charge in [-0.25, -0.2) is 4.98 Å². The first-order chi connectivity index (χ1) is 13.1. The monoisotopic (exact) mass is 392 g/mol. The Hall–Kier alpha value is -2.69. The number of benzene rings is 1. The molecule has 3 aromatic heterocycles. The van der Waals surface area contributed by atoms with Crippen molar-refractivity contribution in [3.05, 3.63) is 81.9 Å². The average molecular weight is 393 g/mol. The maximum atomic E-state index is 6.31. The third-order valence-corrected chi connectivity index (χ3v) is 5.89. The molecule has 4 aromatic rings. The summed E-state index contributed by atoms with van der Waals surface area (Å²) in [5, 5.41) is 3.00. The lowest BCUT2D eigenvalue weighted by atomic mass is 9.77. The molecule has 6 heteroatoms. The fraction of sp³-hybridized carbons (Fsp3) is 0.0952. The van der Waals surface area contributed by atoms with E-state index in [9.17, 15) is 0 Å². The van der Waals surface area contributed by atoms with Gasteiger partial charge in [0.1, 0.15) is 5.82 Å². The highest BCUT2D eigenvalue weighted by molar-refractivity contribution is 6.42. The summed E-state index contributed by atoms with van der Waals surface area (Å²) in [5.74, 6) is 0.565. The maximum Gasteiger partial charge on any atom is 0.132 e. The number of hydrogen-bond acceptors (Lipinski definition) is 4. The van der Waals surface area contributed by atoms with Crippen LogP contribution in [-0.2, 0) is 6.42 Å². The summed E-state index contributed by atoms with van der Waals surface area (Å²) in [5.41, 5.74) is 11.5. The van der Waals surface area contributed by atoms with Crippen molar-refractivity contribution in [1.29, 1.82) is 0 Å². The second-order valence-corrected chi connectivity index (χ2v) is 7.46. The SMILES string of the molecule is Nc1nc2c(c3cnccc13)C(c1ccc(Cl)c(Cl)c1)Cc1cnccc1-2. The van der Waals surface area contributed by atoms with Crippen LogP contribution >= 0.6 is 23.2 Å². The Morgan fingerprint density at radius 2 is 1.74 bits per heavy atom. The number of rotatable bonds is 1. The predicted octanol–water partition coefficient (Wildman–Crippen LogP) is 5.27. The van der Waals surface area contributed by atoms with Crippen molar-refractivity contribution < 1.29 is 0 Å². The Morgan fingerprint density at radius 1 is 0.926 bits per heavy atom. The highest BCUT2D eigenvalue weighted by atomic mass is 35.5. The summed E-state index contributed by atoms with van der Waals surface area (Å²) in [7, 11) is 0. The first kappa shape index (κ1) is 16.5. The highest BCUT2D eigenvalue weighted by Crippen LogP contribution is 2.46. The molecule has 0 fully saturated rings. The standard InChI is InChI=1S/C21H14Cl2N4/c22-17-2-1-11(8-18(17)23)15-7-12-9-25-5-3-13(12)20-19(15)16-10-26-6-4-14(16)21(24)27-20/h1-6,8-10,15H,7H2,(H2,24,27). The van der Waals surface area contributed by atoms with Gasteiger partial charge < -0.3 is 5.73 Å². The Labute approximate surface area is 166 Å². The number of fused-ring (bicyclic) bond motifs is 5. The minimum absolute atomic E-state index is 0.0614. The molecule has 0 spiro atoms. The molecular formula is C21H14Cl2N4. The molecule has 5 rings (SSSR count). The lowest BCUT2D eigenvalue weighted by Gasteiger charge is -2.29. The van der Waals surface area contributed by atoms with Gasteiger partial charge in [0.25, 0.3) is 0 Å². The normalized spacial score (nSPS) is 15.4. The number of hydrogen-bond donors (Lipinski definition) is 1. The second-order valence-electron chi connectivity index (χ2n) is 6.64. The van der Waals surface area contributed by atoms with Crippen LogP contribution < -0.4 is 5.73 Å². The molecule has 0 saturated carbocycles. The minimum atomic E-state index is 0.0614. The zero-order chi connectivity index (χ0) is 18.5. The molecule has 0 radical (unpaired) electrons. The predicted molar refractivity (Wildman–Crippen MR) is 109 cm³/mol. The van der Waals surface area contributed by atoms with Crippen LogP contribution in [0.25, 0.3) is 22.0 Å². The molecule has 0 amide bonds. The number of halogens is 2. The van der Waals surface area contributed by atoms with E-state index in [-0.39, 0.29) is 5.92 Å². The Morgan fingerprint density at radius 3 is 2.59 bits per heavy atom.